The van der Waals surface area contributed by atoms with Gasteiger partial charge in [0.25, 0.3) is 10.0 Å². The van der Waals surface area contributed by atoms with Crippen LogP contribution in [0.4, 0.5) is 5.13 Å². The maximum Gasteiger partial charge on any atom is 0.270 e. The number of aromatic nitrogens is 4. The third-order valence-electron chi connectivity index (χ3n) is 1.86. The Morgan fingerprint density at radius 1 is 1.53 bits per heavy atom. The zero-order valence-corrected chi connectivity index (χ0v) is 10.5. The molecule has 0 aliphatic carbocycles. The second kappa shape index (κ2) is 4.39. The van der Waals surface area contributed by atoms with E-state index in [1.807, 2.05) is 0 Å². The van der Waals surface area contributed by atoms with Crippen LogP contribution in [0.5, 0.6) is 0 Å². The van der Waals surface area contributed by atoms with E-state index in [1.54, 1.807) is 24.0 Å². The van der Waals surface area contributed by atoms with Gasteiger partial charge in [-0.1, -0.05) is 11.3 Å². The summed E-state index contributed by atoms with van der Waals surface area (Å²) in [6.45, 7) is 0.0999. The molecule has 8 nitrogen and oxygen atoms in total. The van der Waals surface area contributed by atoms with Crippen molar-refractivity contribution in [2.75, 3.05) is 5.73 Å². The van der Waals surface area contributed by atoms with Crippen LogP contribution in [0.15, 0.2) is 16.6 Å². The highest BCUT2D eigenvalue weighted by atomic mass is 32.2. The lowest BCUT2D eigenvalue weighted by atomic mass is 10.4. The molecule has 92 valence electrons. The number of hydrogen-bond donors (Lipinski definition) is 2. The molecule has 2 aromatic rings. The van der Waals surface area contributed by atoms with Gasteiger partial charge in [-0.05, 0) is 6.07 Å². The van der Waals surface area contributed by atoms with Crippen molar-refractivity contribution in [3.05, 3.63) is 18.0 Å². The van der Waals surface area contributed by atoms with Gasteiger partial charge in [0.2, 0.25) is 9.47 Å². The highest BCUT2D eigenvalue weighted by molar-refractivity contribution is 7.91. The number of sulfonamides is 1. The van der Waals surface area contributed by atoms with Crippen LogP contribution < -0.4 is 10.5 Å². The van der Waals surface area contributed by atoms with Crippen molar-refractivity contribution < 1.29 is 8.42 Å². The second-order valence-corrected chi connectivity index (χ2v) is 6.16. The summed E-state index contributed by atoms with van der Waals surface area (Å²) in [4.78, 5) is 0. The molecule has 3 N–H and O–H groups in total. The number of nitrogens with one attached hydrogen (secondary N) is 1. The van der Waals surface area contributed by atoms with Gasteiger partial charge < -0.3 is 5.73 Å². The van der Waals surface area contributed by atoms with Crippen molar-refractivity contribution in [3.8, 4) is 0 Å². The number of rotatable bonds is 4. The first-order chi connectivity index (χ1) is 7.97. The van der Waals surface area contributed by atoms with E-state index in [4.69, 9.17) is 5.73 Å². The Bertz CT molecular complexity index is 616. The van der Waals surface area contributed by atoms with E-state index in [2.05, 4.69) is 20.0 Å². The normalized spacial score (nSPS) is 11.8. The summed E-state index contributed by atoms with van der Waals surface area (Å²) in [6.07, 6.45) is 1.73. The van der Waals surface area contributed by atoms with Crippen molar-refractivity contribution in [2.45, 2.75) is 10.9 Å². The topological polar surface area (TPSA) is 116 Å². The SMILES string of the molecule is Cn1ccc(CNS(=O)(=O)c2nnc(N)s2)n1. The molecule has 0 spiro atoms. The Hall–Kier alpha value is -1.52. The van der Waals surface area contributed by atoms with Crippen LogP contribution in [0.2, 0.25) is 0 Å². The second-order valence-electron chi connectivity index (χ2n) is 3.21. The van der Waals surface area contributed by atoms with Crippen molar-refractivity contribution in [1.82, 2.24) is 24.7 Å². The molecule has 2 heterocycles. The molecule has 2 aromatic heterocycles. The van der Waals surface area contributed by atoms with E-state index in [9.17, 15) is 8.42 Å². The van der Waals surface area contributed by atoms with Crippen LogP contribution in [-0.4, -0.2) is 28.4 Å². The summed E-state index contributed by atoms with van der Waals surface area (Å²) < 4.78 is 27.3. The van der Waals surface area contributed by atoms with E-state index in [0.29, 0.717) is 5.69 Å². The first-order valence-corrected chi connectivity index (χ1v) is 6.84. The van der Waals surface area contributed by atoms with Crippen molar-refractivity contribution >= 4 is 26.5 Å². The van der Waals surface area contributed by atoms with Crippen LogP contribution in [0, 0.1) is 0 Å². The van der Waals surface area contributed by atoms with Gasteiger partial charge in [0, 0.05) is 13.2 Å². The van der Waals surface area contributed by atoms with Gasteiger partial charge in [0.05, 0.1) is 12.2 Å². The van der Waals surface area contributed by atoms with Crippen LogP contribution in [0.3, 0.4) is 0 Å². The Kier molecular flexibility index (Phi) is 3.09. The number of nitrogens with two attached hydrogens (primary N) is 1. The van der Waals surface area contributed by atoms with Crippen LogP contribution in [0.25, 0.3) is 0 Å². The summed E-state index contributed by atoms with van der Waals surface area (Å²) in [5.74, 6) is 0. The maximum atomic E-state index is 11.7. The smallest absolute Gasteiger partial charge is 0.270 e. The highest BCUT2D eigenvalue weighted by Gasteiger charge is 2.19. The molecule has 0 aliphatic rings. The van der Waals surface area contributed by atoms with Gasteiger partial charge in [-0.2, -0.15) is 5.10 Å². The summed E-state index contributed by atoms with van der Waals surface area (Å²) in [5.41, 5.74) is 5.94. The van der Waals surface area contributed by atoms with Gasteiger partial charge in [0.1, 0.15) is 0 Å². The Balaban J connectivity index is 2.08. The fourth-order valence-electron chi connectivity index (χ4n) is 1.12. The van der Waals surface area contributed by atoms with Gasteiger partial charge >= 0.3 is 0 Å². The third-order valence-corrected chi connectivity index (χ3v) is 4.39. The summed E-state index contributed by atoms with van der Waals surface area (Å²) >= 11 is 0.815. The Morgan fingerprint density at radius 3 is 2.82 bits per heavy atom. The van der Waals surface area contributed by atoms with E-state index in [0.717, 1.165) is 11.3 Å². The van der Waals surface area contributed by atoms with Crippen LogP contribution >= 0.6 is 11.3 Å². The predicted molar refractivity (Wildman–Crippen MR) is 61.6 cm³/mol. The largest absolute Gasteiger partial charge is 0.374 e. The highest BCUT2D eigenvalue weighted by Crippen LogP contribution is 2.16. The first kappa shape index (κ1) is 12.0. The van der Waals surface area contributed by atoms with E-state index < -0.39 is 10.0 Å². The number of aryl methyl sites for hydroxylation is 1. The molecule has 0 saturated heterocycles. The van der Waals surface area contributed by atoms with Crippen molar-refractivity contribution in [2.24, 2.45) is 7.05 Å². The molecular weight excluding hydrogens is 264 g/mol. The number of anilines is 1. The molecule has 0 atom stereocenters. The summed E-state index contributed by atoms with van der Waals surface area (Å²) in [5, 5.41) is 11.1. The molecule has 0 unspecified atom stereocenters. The quantitative estimate of drug-likeness (QED) is 0.764. The molecular formula is C7H10N6O2S2. The predicted octanol–water partition coefficient (Wildman–Crippen LogP) is -0.668. The van der Waals surface area contributed by atoms with Gasteiger partial charge in [-0.3, -0.25) is 4.68 Å². The number of nitrogen functional groups attached to an aromatic ring is 1. The van der Waals surface area contributed by atoms with Gasteiger partial charge in [-0.25, -0.2) is 13.1 Å². The molecule has 2 rings (SSSR count). The molecule has 0 fully saturated rings. The number of nitrogens with zero attached hydrogens (tertiary/aromatic N) is 4. The Labute approximate surface area is 102 Å². The zero-order valence-electron chi connectivity index (χ0n) is 8.86. The van der Waals surface area contributed by atoms with Crippen LogP contribution in [0.1, 0.15) is 5.69 Å². The molecule has 0 aromatic carbocycles. The third kappa shape index (κ3) is 2.78. The number of hydrogen-bond acceptors (Lipinski definition) is 7. The molecule has 0 radical (unpaired) electrons. The maximum absolute atomic E-state index is 11.7. The minimum atomic E-state index is -3.66. The van der Waals surface area contributed by atoms with Gasteiger partial charge in [-0.15, -0.1) is 10.2 Å². The monoisotopic (exact) mass is 274 g/mol. The minimum Gasteiger partial charge on any atom is -0.374 e. The lowest BCUT2D eigenvalue weighted by Gasteiger charge is -2.00. The first-order valence-electron chi connectivity index (χ1n) is 4.54. The van der Waals surface area contributed by atoms with E-state index >= 15 is 0 Å². The fourth-order valence-corrected chi connectivity index (χ4v) is 2.94. The summed E-state index contributed by atoms with van der Waals surface area (Å²) in [6, 6.07) is 1.72. The molecule has 17 heavy (non-hydrogen) atoms. The Morgan fingerprint density at radius 2 is 2.29 bits per heavy atom. The van der Waals surface area contributed by atoms with E-state index in [1.165, 1.54) is 0 Å². The standard InChI is InChI=1S/C7H10N6O2S2/c1-13-3-2-5(12-13)4-9-17(14,15)7-11-10-6(8)16-7/h2-3,9H,4H2,1H3,(H2,8,10). The average Bonchev–Trinajstić information content (AvgIpc) is 2.85. The van der Waals surface area contributed by atoms with Crippen molar-refractivity contribution in [1.29, 1.82) is 0 Å². The molecule has 0 bridgehead atoms. The van der Waals surface area contributed by atoms with E-state index in [-0.39, 0.29) is 16.0 Å². The molecule has 0 aliphatic heterocycles. The fraction of sp³-hybridized carbons (Fsp3) is 0.286. The molecule has 0 saturated carbocycles. The summed E-state index contributed by atoms with van der Waals surface area (Å²) in [7, 11) is -1.91. The van der Waals surface area contributed by atoms with Gasteiger partial charge in [0.15, 0.2) is 0 Å². The lowest BCUT2D eigenvalue weighted by Crippen LogP contribution is -2.23. The lowest BCUT2D eigenvalue weighted by molar-refractivity contribution is 0.577. The molecule has 0 amide bonds. The average molecular weight is 274 g/mol. The minimum absolute atomic E-state index is 0.0999. The zero-order chi connectivity index (χ0) is 12.5. The van der Waals surface area contributed by atoms with Crippen molar-refractivity contribution in [3.63, 3.8) is 0 Å². The van der Waals surface area contributed by atoms with Crippen LogP contribution in [-0.2, 0) is 23.6 Å². The molecule has 10 heteroatoms.